The molecule has 4 N–H and O–H groups in total. The molecule has 0 spiro atoms. The van der Waals surface area contributed by atoms with Gasteiger partial charge in [0.05, 0.1) is 0 Å². The zero-order valence-electron chi connectivity index (χ0n) is 15.3. The van der Waals surface area contributed by atoms with Gasteiger partial charge in [-0.2, -0.15) is 0 Å². The van der Waals surface area contributed by atoms with Crippen LogP contribution < -0.4 is 16.4 Å². The average Bonchev–Trinajstić information content (AvgIpc) is 2.58. The highest BCUT2D eigenvalue weighted by molar-refractivity contribution is 5.95. The van der Waals surface area contributed by atoms with Gasteiger partial charge in [-0.05, 0) is 30.2 Å². The van der Waals surface area contributed by atoms with Crippen LogP contribution in [0.4, 0.5) is 11.4 Å². The van der Waals surface area contributed by atoms with Gasteiger partial charge in [-0.1, -0.05) is 50.2 Å². The van der Waals surface area contributed by atoms with Gasteiger partial charge in [0.2, 0.25) is 11.8 Å². The van der Waals surface area contributed by atoms with E-state index in [1.165, 1.54) is 0 Å². The van der Waals surface area contributed by atoms with Gasteiger partial charge in [-0.15, -0.1) is 12.4 Å². The molecule has 0 aliphatic heterocycles. The summed E-state index contributed by atoms with van der Waals surface area (Å²) in [5, 5.41) is 5.72. The molecule has 0 saturated carbocycles. The number of halogens is 1. The van der Waals surface area contributed by atoms with E-state index in [9.17, 15) is 9.59 Å². The maximum atomic E-state index is 12.3. The predicted octanol–water partition coefficient (Wildman–Crippen LogP) is 4.04. The van der Waals surface area contributed by atoms with Crippen LogP contribution in [0.1, 0.15) is 37.4 Å². The number of carbonyl (C=O) groups excluding carboxylic acids is 2. The van der Waals surface area contributed by atoms with Crippen LogP contribution in [0.2, 0.25) is 0 Å². The first-order valence-electron chi connectivity index (χ1n) is 8.38. The smallest absolute Gasteiger partial charge is 0.226 e. The monoisotopic (exact) mass is 375 g/mol. The molecule has 6 heteroatoms. The zero-order valence-corrected chi connectivity index (χ0v) is 16.1. The number of carbonyl (C=O) groups is 2. The minimum atomic E-state index is -0.356. The second-order valence-electron chi connectivity index (χ2n) is 6.44. The molecule has 1 atom stereocenters. The molecule has 0 bridgehead atoms. The number of benzene rings is 2. The third kappa shape index (κ3) is 6.17. The Morgan fingerprint density at radius 2 is 1.69 bits per heavy atom. The second-order valence-corrected chi connectivity index (χ2v) is 6.44. The number of amides is 2. The van der Waals surface area contributed by atoms with E-state index in [2.05, 4.69) is 10.6 Å². The minimum Gasteiger partial charge on any atom is -0.326 e. The summed E-state index contributed by atoms with van der Waals surface area (Å²) in [6, 6.07) is 14.6. The van der Waals surface area contributed by atoms with Gasteiger partial charge in [0.1, 0.15) is 0 Å². The minimum absolute atomic E-state index is 0. The van der Waals surface area contributed by atoms with Gasteiger partial charge in [0.15, 0.2) is 0 Å². The molecule has 0 fully saturated rings. The van der Waals surface area contributed by atoms with Crippen molar-refractivity contribution in [2.75, 3.05) is 10.6 Å². The Kier molecular flexibility index (Phi) is 8.29. The molecule has 0 saturated heterocycles. The molecule has 2 aromatic rings. The number of anilines is 2. The molecule has 0 aliphatic carbocycles. The quantitative estimate of drug-likeness (QED) is 0.712. The summed E-state index contributed by atoms with van der Waals surface area (Å²) in [5.41, 5.74) is 9.28. The Balaban J connectivity index is 0.00000338. The summed E-state index contributed by atoms with van der Waals surface area (Å²) in [5.74, 6) is -0.331. The Hall–Kier alpha value is -2.37. The first kappa shape index (κ1) is 21.7. The van der Waals surface area contributed by atoms with Crippen molar-refractivity contribution in [2.45, 2.75) is 33.2 Å². The molecule has 0 heterocycles. The number of nitrogens with one attached hydrogen (secondary N) is 2. The molecular weight excluding hydrogens is 350 g/mol. The lowest BCUT2D eigenvalue weighted by Gasteiger charge is -2.15. The van der Waals surface area contributed by atoms with Crippen molar-refractivity contribution in [3.63, 3.8) is 0 Å². The predicted molar refractivity (Wildman–Crippen MR) is 109 cm³/mol. The molecule has 5 nitrogen and oxygen atoms in total. The highest BCUT2D eigenvalue weighted by Crippen LogP contribution is 2.22. The van der Waals surface area contributed by atoms with E-state index in [-0.39, 0.29) is 42.6 Å². The Morgan fingerprint density at radius 1 is 1.04 bits per heavy atom. The SMILES string of the molecule is Cc1ccc(NC(=O)C(C)C)cc1NC(=O)CC(N)c1ccccc1.Cl. The number of hydrogen-bond donors (Lipinski definition) is 3. The first-order valence-corrected chi connectivity index (χ1v) is 8.38. The van der Waals surface area contributed by atoms with E-state index in [1.54, 1.807) is 6.07 Å². The molecular formula is C20H26ClN3O2. The van der Waals surface area contributed by atoms with Gasteiger partial charge in [-0.25, -0.2) is 0 Å². The van der Waals surface area contributed by atoms with Crippen molar-refractivity contribution in [3.8, 4) is 0 Å². The number of nitrogens with two attached hydrogens (primary N) is 1. The topological polar surface area (TPSA) is 84.2 Å². The molecule has 2 rings (SSSR count). The van der Waals surface area contributed by atoms with Crippen LogP contribution in [-0.2, 0) is 9.59 Å². The van der Waals surface area contributed by atoms with Gasteiger partial charge in [0.25, 0.3) is 0 Å². The summed E-state index contributed by atoms with van der Waals surface area (Å²) >= 11 is 0. The van der Waals surface area contributed by atoms with E-state index in [1.807, 2.05) is 63.2 Å². The Morgan fingerprint density at radius 3 is 2.31 bits per heavy atom. The molecule has 1 unspecified atom stereocenters. The van der Waals surface area contributed by atoms with Gasteiger partial charge in [0, 0.05) is 29.8 Å². The Labute approximate surface area is 160 Å². The van der Waals surface area contributed by atoms with Crippen LogP contribution in [0.25, 0.3) is 0 Å². The highest BCUT2D eigenvalue weighted by Gasteiger charge is 2.13. The third-order valence-electron chi connectivity index (χ3n) is 3.94. The van der Waals surface area contributed by atoms with Crippen molar-refractivity contribution in [2.24, 2.45) is 11.7 Å². The maximum Gasteiger partial charge on any atom is 0.226 e. The summed E-state index contributed by atoms with van der Waals surface area (Å²) in [6.45, 7) is 5.56. The van der Waals surface area contributed by atoms with Crippen molar-refractivity contribution < 1.29 is 9.59 Å². The number of rotatable bonds is 6. The largest absolute Gasteiger partial charge is 0.326 e. The fourth-order valence-electron chi connectivity index (χ4n) is 2.34. The van der Waals surface area contributed by atoms with Crippen LogP contribution in [0.15, 0.2) is 48.5 Å². The third-order valence-corrected chi connectivity index (χ3v) is 3.94. The molecule has 2 aromatic carbocycles. The van der Waals surface area contributed by atoms with Gasteiger partial charge < -0.3 is 16.4 Å². The molecule has 0 aliphatic rings. The molecule has 26 heavy (non-hydrogen) atoms. The molecule has 0 radical (unpaired) electrons. The summed E-state index contributed by atoms with van der Waals surface area (Å²) in [7, 11) is 0. The van der Waals surface area contributed by atoms with Crippen LogP contribution >= 0.6 is 12.4 Å². The lowest BCUT2D eigenvalue weighted by atomic mass is 10.0. The summed E-state index contributed by atoms with van der Waals surface area (Å²) in [4.78, 5) is 24.1. The van der Waals surface area contributed by atoms with Crippen LogP contribution in [0, 0.1) is 12.8 Å². The maximum absolute atomic E-state index is 12.3. The van der Waals surface area contributed by atoms with E-state index in [0.717, 1.165) is 11.1 Å². The van der Waals surface area contributed by atoms with Crippen LogP contribution in [-0.4, -0.2) is 11.8 Å². The standard InChI is InChI=1S/C20H25N3O2.ClH/c1-13(2)20(25)22-16-10-9-14(3)18(11-16)23-19(24)12-17(21)15-7-5-4-6-8-15;/h4-11,13,17H,12,21H2,1-3H3,(H,22,25)(H,23,24);1H. The fraction of sp³-hybridized carbons (Fsp3) is 0.300. The average molecular weight is 376 g/mol. The lowest BCUT2D eigenvalue weighted by molar-refractivity contribution is -0.119. The second kappa shape index (κ2) is 9.94. The van der Waals surface area contributed by atoms with Crippen LogP contribution in [0.3, 0.4) is 0 Å². The van der Waals surface area contributed by atoms with Crippen molar-refractivity contribution in [3.05, 3.63) is 59.7 Å². The first-order chi connectivity index (χ1) is 11.9. The zero-order chi connectivity index (χ0) is 18.4. The molecule has 140 valence electrons. The van der Waals surface area contributed by atoms with E-state index >= 15 is 0 Å². The van der Waals surface area contributed by atoms with Crippen molar-refractivity contribution in [1.29, 1.82) is 0 Å². The van der Waals surface area contributed by atoms with Crippen LogP contribution in [0.5, 0.6) is 0 Å². The van der Waals surface area contributed by atoms with Crippen molar-refractivity contribution >= 4 is 35.6 Å². The Bertz CT molecular complexity index is 748. The molecule has 0 aromatic heterocycles. The summed E-state index contributed by atoms with van der Waals surface area (Å²) < 4.78 is 0. The fourth-order valence-corrected chi connectivity index (χ4v) is 2.34. The normalized spacial score (nSPS) is 11.4. The van der Waals surface area contributed by atoms with E-state index in [0.29, 0.717) is 11.4 Å². The molecule has 2 amide bonds. The van der Waals surface area contributed by atoms with Gasteiger partial charge >= 0.3 is 0 Å². The van der Waals surface area contributed by atoms with Crippen molar-refractivity contribution in [1.82, 2.24) is 0 Å². The van der Waals surface area contributed by atoms with Gasteiger partial charge in [-0.3, -0.25) is 9.59 Å². The highest BCUT2D eigenvalue weighted by atomic mass is 35.5. The van der Waals surface area contributed by atoms with E-state index in [4.69, 9.17) is 5.73 Å². The number of hydrogen-bond acceptors (Lipinski definition) is 3. The van der Waals surface area contributed by atoms with E-state index < -0.39 is 0 Å². The number of aryl methyl sites for hydroxylation is 1. The summed E-state index contributed by atoms with van der Waals surface area (Å²) in [6.07, 6.45) is 0.187. The lowest BCUT2D eigenvalue weighted by Crippen LogP contribution is -2.21.